The Morgan fingerprint density at radius 1 is 1.67 bits per heavy atom. The highest BCUT2D eigenvalue weighted by atomic mass is 79.9. The predicted octanol–water partition coefficient (Wildman–Crippen LogP) is 2.06. The van der Waals surface area contributed by atoms with E-state index in [-0.39, 0.29) is 12.3 Å². The summed E-state index contributed by atoms with van der Waals surface area (Å²) in [5.74, 6) is -0.994. The van der Waals surface area contributed by atoms with Crippen LogP contribution in [0.1, 0.15) is 11.1 Å². The third-order valence-electron chi connectivity index (χ3n) is 1.67. The zero-order valence-corrected chi connectivity index (χ0v) is 8.15. The van der Waals surface area contributed by atoms with Gasteiger partial charge in [-0.15, -0.1) is 0 Å². The molecule has 1 aromatic carbocycles. The Kier molecular flexibility index (Phi) is 2.69. The number of rotatable bonds is 1. The van der Waals surface area contributed by atoms with Crippen LogP contribution in [0.15, 0.2) is 10.5 Å². The lowest BCUT2D eigenvalue weighted by Crippen LogP contribution is -2.00. The minimum Gasteiger partial charge on any atom is -0.505 e. The lowest BCUT2D eigenvalue weighted by Gasteiger charge is -2.07. The number of nitrogens with two attached hydrogens (primary N) is 1. The summed E-state index contributed by atoms with van der Waals surface area (Å²) in [7, 11) is 0. The van der Waals surface area contributed by atoms with Crippen LogP contribution in [0, 0.1) is 12.7 Å². The molecule has 66 valence electrons. The maximum Gasteiger partial charge on any atom is 0.165 e. The Morgan fingerprint density at radius 2 is 2.25 bits per heavy atom. The van der Waals surface area contributed by atoms with Crippen molar-refractivity contribution >= 4 is 15.9 Å². The average molecular weight is 234 g/mol. The molecule has 0 unspecified atom stereocenters. The topological polar surface area (TPSA) is 46.2 Å². The van der Waals surface area contributed by atoms with Crippen LogP contribution < -0.4 is 5.73 Å². The highest BCUT2D eigenvalue weighted by Gasteiger charge is 2.12. The molecule has 0 aliphatic carbocycles. The second-order valence-electron chi connectivity index (χ2n) is 2.52. The first kappa shape index (κ1) is 9.48. The molecule has 0 spiro atoms. The molecule has 0 amide bonds. The van der Waals surface area contributed by atoms with Crippen LogP contribution in [0.25, 0.3) is 0 Å². The number of halogens is 2. The van der Waals surface area contributed by atoms with Gasteiger partial charge in [-0.3, -0.25) is 0 Å². The van der Waals surface area contributed by atoms with E-state index in [1.807, 2.05) is 0 Å². The van der Waals surface area contributed by atoms with E-state index < -0.39 is 5.82 Å². The monoisotopic (exact) mass is 233 g/mol. The summed E-state index contributed by atoms with van der Waals surface area (Å²) in [6.45, 7) is 1.86. The summed E-state index contributed by atoms with van der Waals surface area (Å²) in [5, 5.41) is 9.22. The number of benzene rings is 1. The van der Waals surface area contributed by atoms with Crippen LogP contribution >= 0.6 is 15.9 Å². The van der Waals surface area contributed by atoms with Gasteiger partial charge in [0.1, 0.15) is 0 Å². The molecule has 2 nitrogen and oxygen atoms in total. The fraction of sp³-hybridized carbons (Fsp3) is 0.250. The predicted molar refractivity (Wildman–Crippen MR) is 48.4 cm³/mol. The molecule has 0 aliphatic rings. The van der Waals surface area contributed by atoms with E-state index in [0.29, 0.717) is 10.0 Å². The highest BCUT2D eigenvalue weighted by molar-refractivity contribution is 9.10. The molecule has 0 atom stereocenters. The zero-order valence-electron chi connectivity index (χ0n) is 6.56. The molecule has 0 bridgehead atoms. The quantitative estimate of drug-likeness (QED) is 0.781. The molecule has 0 saturated heterocycles. The summed E-state index contributed by atoms with van der Waals surface area (Å²) in [4.78, 5) is 0. The van der Waals surface area contributed by atoms with Crippen molar-refractivity contribution in [2.45, 2.75) is 13.5 Å². The van der Waals surface area contributed by atoms with E-state index in [9.17, 15) is 9.50 Å². The molecule has 3 N–H and O–H groups in total. The van der Waals surface area contributed by atoms with E-state index in [0.717, 1.165) is 5.56 Å². The van der Waals surface area contributed by atoms with Crippen molar-refractivity contribution in [1.82, 2.24) is 0 Å². The number of phenols is 1. The molecular weight excluding hydrogens is 225 g/mol. The molecule has 12 heavy (non-hydrogen) atoms. The van der Waals surface area contributed by atoms with Gasteiger partial charge in [0, 0.05) is 16.6 Å². The molecule has 0 aromatic heterocycles. The van der Waals surface area contributed by atoms with Crippen LogP contribution in [0.5, 0.6) is 5.75 Å². The van der Waals surface area contributed by atoms with Crippen molar-refractivity contribution in [3.05, 3.63) is 27.5 Å². The largest absolute Gasteiger partial charge is 0.505 e. The van der Waals surface area contributed by atoms with Gasteiger partial charge in [0.15, 0.2) is 11.6 Å². The zero-order chi connectivity index (χ0) is 9.30. The van der Waals surface area contributed by atoms with Crippen LogP contribution in [-0.2, 0) is 6.54 Å². The first-order chi connectivity index (χ1) is 5.57. The van der Waals surface area contributed by atoms with Crippen LogP contribution in [-0.4, -0.2) is 5.11 Å². The maximum atomic E-state index is 12.9. The lowest BCUT2D eigenvalue weighted by molar-refractivity contribution is 0.425. The molecule has 1 aromatic rings. The van der Waals surface area contributed by atoms with Gasteiger partial charge in [-0.05, 0) is 18.6 Å². The van der Waals surface area contributed by atoms with Gasteiger partial charge in [0.05, 0.1) is 0 Å². The highest BCUT2D eigenvalue weighted by Crippen LogP contribution is 2.31. The van der Waals surface area contributed by atoms with Crippen molar-refractivity contribution in [1.29, 1.82) is 0 Å². The first-order valence-corrected chi connectivity index (χ1v) is 4.23. The van der Waals surface area contributed by atoms with Crippen LogP contribution in [0.4, 0.5) is 4.39 Å². The van der Waals surface area contributed by atoms with Gasteiger partial charge in [-0.25, -0.2) is 4.39 Å². The third kappa shape index (κ3) is 1.44. The summed E-state index contributed by atoms with van der Waals surface area (Å²) in [6.07, 6.45) is 0. The normalized spacial score (nSPS) is 10.3. The Balaban J connectivity index is 3.42. The summed E-state index contributed by atoms with van der Waals surface area (Å²) >= 11 is 3.22. The van der Waals surface area contributed by atoms with Gasteiger partial charge in [-0.2, -0.15) is 0 Å². The summed E-state index contributed by atoms with van der Waals surface area (Å²) < 4.78 is 13.6. The maximum absolute atomic E-state index is 12.9. The van der Waals surface area contributed by atoms with Gasteiger partial charge in [-0.1, -0.05) is 15.9 Å². The number of aryl methyl sites for hydroxylation is 1. The number of phenolic OH excluding ortho intramolecular Hbond substituents is 1. The fourth-order valence-corrected chi connectivity index (χ4v) is 1.46. The Hall–Kier alpha value is -0.610. The van der Waals surface area contributed by atoms with Gasteiger partial charge in [0.2, 0.25) is 0 Å². The van der Waals surface area contributed by atoms with Crippen molar-refractivity contribution < 1.29 is 9.50 Å². The number of hydrogen-bond acceptors (Lipinski definition) is 2. The minimum atomic E-state index is -0.629. The van der Waals surface area contributed by atoms with Gasteiger partial charge < -0.3 is 10.8 Å². The van der Waals surface area contributed by atoms with E-state index in [4.69, 9.17) is 5.73 Å². The number of hydrogen-bond donors (Lipinski definition) is 2. The average Bonchev–Trinajstić information content (AvgIpc) is 2.02. The van der Waals surface area contributed by atoms with Crippen molar-refractivity contribution in [2.24, 2.45) is 5.73 Å². The molecule has 4 heteroatoms. The Labute approximate surface area is 78.3 Å². The van der Waals surface area contributed by atoms with E-state index in [1.165, 1.54) is 6.07 Å². The van der Waals surface area contributed by atoms with Crippen molar-refractivity contribution in [3.8, 4) is 5.75 Å². The fourth-order valence-electron chi connectivity index (χ4n) is 0.994. The van der Waals surface area contributed by atoms with Crippen molar-refractivity contribution in [3.63, 3.8) is 0 Å². The van der Waals surface area contributed by atoms with Crippen LogP contribution in [0.3, 0.4) is 0 Å². The van der Waals surface area contributed by atoms with Crippen LogP contribution in [0.2, 0.25) is 0 Å². The second-order valence-corrected chi connectivity index (χ2v) is 3.31. The van der Waals surface area contributed by atoms with Gasteiger partial charge in [0.25, 0.3) is 0 Å². The van der Waals surface area contributed by atoms with Crippen molar-refractivity contribution in [2.75, 3.05) is 0 Å². The Morgan fingerprint density at radius 3 is 2.75 bits per heavy atom. The van der Waals surface area contributed by atoms with Gasteiger partial charge >= 0.3 is 0 Å². The summed E-state index contributed by atoms with van der Waals surface area (Å²) in [6, 6.07) is 1.26. The number of aromatic hydroxyl groups is 1. The standard InChI is InChI=1S/C8H9BrFNO/c1-4-2-6(10)8(12)5(3-11)7(4)9/h2,12H,3,11H2,1H3. The van der Waals surface area contributed by atoms with E-state index in [1.54, 1.807) is 6.92 Å². The van der Waals surface area contributed by atoms with E-state index in [2.05, 4.69) is 15.9 Å². The molecule has 0 fully saturated rings. The molecule has 1 rings (SSSR count). The lowest BCUT2D eigenvalue weighted by atomic mass is 10.1. The Bertz CT molecular complexity index is 288. The summed E-state index contributed by atoms with van der Waals surface area (Å²) in [5.41, 5.74) is 6.47. The molecule has 0 radical (unpaired) electrons. The molecule has 0 aliphatic heterocycles. The first-order valence-electron chi connectivity index (χ1n) is 3.44. The molecular formula is C8H9BrFNO. The smallest absolute Gasteiger partial charge is 0.165 e. The third-order valence-corrected chi connectivity index (χ3v) is 2.77. The minimum absolute atomic E-state index is 0.116. The SMILES string of the molecule is Cc1cc(F)c(O)c(CN)c1Br. The molecule has 0 heterocycles. The van der Waals surface area contributed by atoms with E-state index >= 15 is 0 Å². The molecule has 0 saturated carbocycles. The second kappa shape index (κ2) is 3.41.